The van der Waals surface area contributed by atoms with Gasteiger partial charge < -0.3 is 20.4 Å². The van der Waals surface area contributed by atoms with Crippen molar-refractivity contribution in [3.63, 3.8) is 0 Å². The third-order valence-electron chi connectivity index (χ3n) is 3.33. The molecule has 0 saturated heterocycles. The molecule has 6 heteroatoms. The number of benzene rings is 1. The summed E-state index contributed by atoms with van der Waals surface area (Å²) in [6.07, 6.45) is 3.71. The van der Waals surface area contributed by atoms with E-state index in [1.165, 1.54) is 0 Å². The van der Waals surface area contributed by atoms with Crippen LogP contribution in [0, 0.1) is 6.92 Å². The normalized spacial score (nSPS) is 11.7. The molecule has 0 saturated carbocycles. The fourth-order valence-corrected chi connectivity index (χ4v) is 2.08. The highest BCUT2D eigenvalue weighted by molar-refractivity contribution is 5.98. The summed E-state index contributed by atoms with van der Waals surface area (Å²) in [5, 5.41) is 11.8. The van der Waals surface area contributed by atoms with Gasteiger partial charge in [-0.3, -0.25) is 0 Å². The zero-order chi connectivity index (χ0) is 14.7. The molecule has 1 aromatic heterocycles. The van der Waals surface area contributed by atoms with Crippen LogP contribution < -0.4 is 10.6 Å². The number of nitrogens with zero attached hydrogens (tertiary/aromatic N) is 4. The second kappa shape index (κ2) is 5.64. The monoisotopic (exact) mass is 273 g/mol. The first-order valence-corrected chi connectivity index (χ1v) is 6.29. The highest BCUT2D eigenvalue weighted by atomic mass is 16.4. The molecule has 106 valence electrons. The van der Waals surface area contributed by atoms with Crippen molar-refractivity contribution in [2.45, 2.75) is 13.5 Å². The number of rotatable bonds is 4. The van der Waals surface area contributed by atoms with Crippen LogP contribution in [-0.2, 0) is 13.6 Å². The van der Waals surface area contributed by atoms with Crippen LogP contribution in [0.3, 0.4) is 0 Å². The predicted molar refractivity (Wildman–Crippen MR) is 79.0 cm³/mol. The van der Waals surface area contributed by atoms with E-state index in [-0.39, 0.29) is 5.84 Å². The maximum atomic E-state index is 8.73. The lowest BCUT2D eigenvalue weighted by Crippen LogP contribution is -2.20. The van der Waals surface area contributed by atoms with Crippen LogP contribution in [-0.4, -0.2) is 27.6 Å². The molecule has 0 amide bonds. The SMILES string of the molecule is Cc1cc(N(C)Cc2nccn2C)ccc1/C(N)=N/O. The minimum Gasteiger partial charge on any atom is -0.409 e. The third kappa shape index (κ3) is 2.74. The molecule has 3 N–H and O–H groups in total. The Morgan fingerprint density at radius 3 is 2.80 bits per heavy atom. The molecule has 0 unspecified atom stereocenters. The number of aromatic nitrogens is 2. The van der Waals surface area contributed by atoms with Crippen LogP contribution >= 0.6 is 0 Å². The fraction of sp³-hybridized carbons (Fsp3) is 0.286. The van der Waals surface area contributed by atoms with E-state index in [2.05, 4.69) is 15.0 Å². The van der Waals surface area contributed by atoms with Gasteiger partial charge >= 0.3 is 0 Å². The quantitative estimate of drug-likeness (QED) is 0.382. The molecular formula is C14H19N5O. The van der Waals surface area contributed by atoms with Gasteiger partial charge in [-0.1, -0.05) is 5.16 Å². The Labute approximate surface area is 118 Å². The minimum atomic E-state index is 0.126. The highest BCUT2D eigenvalue weighted by Crippen LogP contribution is 2.19. The van der Waals surface area contributed by atoms with Gasteiger partial charge in [-0.05, 0) is 30.7 Å². The van der Waals surface area contributed by atoms with Crippen molar-refractivity contribution in [2.75, 3.05) is 11.9 Å². The Kier molecular flexibility index (Phi) is 3.93. The maximum Gasteiger partial charge on any atom is 0.170 e. The van der Waals surface area contributed by atoms with Gasteiger partial charge in [0.05, 0.1) is 6.54 Å². The van der Waals surface area contributed by atoms with Gasteiger partial charge in [0, 0.05) is 37.7 Å². The van der Waals surface area contributed by atoms with Gasteiger partial charge in [-0.2, -0.15) is 0 Å². The largest absolute Gasteiger partial charge is 0.409 e. The lowest BCUT2D eigenvalue weighted by molar-refractivity contribution is 0.318. The van der Waals surface area contributed by atoms with Crippen LogP contribution in [0.15, 0.2) is 35.7 Å². The molecule has 1 heterocycles. The topological polar surface area (TPSA) is 79.7 Å². The molecule has 0 atom stereocenters. The average Bonchev–Trinajstić information content (AvgIpc) is 2.83. The second-order valence-corrected chi connectivity index (χ2v) is 4.79. The zero-order valence-corrected chi connectivity index (χ0v) is 11.9. The van der Waals surface area contributed by atoms with E-state index < -0.39 is 0 Å². The first-order valence-electron chi connectivity index (χ1n) is 6.29. The lowest BCUT2D eigenvalue weighted by atomic mass is 10.1. The van der Waals surface area contributed by atoms with Gasteiger partial charge in [-0.15, -0.1) is 0 Å². The van der Waals surface area contributed by atoms with Crippen LogP contribution in [0.5, 0.6) is 0 Å². The first kappa shape index (κ1) is 13.9. The number of nitrogens with two attached hydrogens (primary N) is 1. The van der Waals surface area contributed by atoms with E-state index in [0.29, 0.717) is 6.54 Å². The summed E-state index contributed by atoms with van der Waals surface area (Å²) < 4.78 is 1.99. The molecule has 6 nitrogen and oxygen atoms in total. The molecule has 0 fully saturated rings. The second-order valence-electron chi connectivity index (χ2n) is 4.79. The van der Waals surface area contributed by atoms with Crippen LogP contribution in [0.1, 0.15) is 17.0 Å². The molecule has 1 aromatic carbocycles. The van der Waals surface area contributed by atoms with Gasteiger partial charge in [0.2, 0.25) is 0 Å². The van der Waals surface area contributed by atoms with Gasteiger partial charge in [-0.25, -0.2) is 4.98 Å². The number of anilines is 1. The number of imidazole rings is 1. The van der Waals surface area contributed by atoms with Crippen LogP contribution in [0.4, 0.5) is 5.69 Å². The molecule has 20 heavy (non-hydrogen) atoms. The van der Waals surface area contributed by atoms with Gasteiger partial charge in [0.1, 0.15) is 5.82 Å². The summed E-state index contributed by atoms with van der Waals surface area (Å²) in [5.74, 6) is 1.12. The van der Waals surface area contributed by atoms with Crippen molar-refractivity contribution in [1.29, 1.82) is 0 Å². The van der Waals surface area contributed by atoms with Gasteiger partial charge in [0.25, 0.3) is 0 Å². The Morgan fingerprint density at radius 2 is 2.25 bits per heavy atom. The number of oxime groups is 1. The van der Waals surface area contributed by atoms with Crippen molar-refractivity contribution in [1.82, 2.24) is 9.55 Å². The molecule has 0 aliphatic carbocycles. The van der Waals surface area contributed by atoms with Crippen molar-refractivity contribution in [2.24, 2.45) is 17.9 Å². The lowest BCUT2D eigenvalue weighted by Gasteiger charge is -2.20. The molecule has 2 rings (SSSR count). The summed E-state index contributed by atoms with van der Waals surface area (Å²) in [6.45, 7) is 2.65. The number of hydrogen-bond donors (Lipinski definition) is 2. The molecule has 0 bridgehead atoms. The predicted octanol–water partition coefficient (Wildman–Crippen LogP) is 1.46. The molecule has 0 aliphatic rings. The smallest absolute Gasteiger partial charge is 0.170 e. The van der Waals surface area contributed by atoms with E-state index in [0.717, 1.165) is 22.6 Å². The highest BCUT2D eigenvalue weighted by Gasteiger charge is 2.09. The molecule has 2 aromatic rings. The van der Waals surface area contributed by atoms with Crippen LogP contribution in [0.2, 0.25) is 0 Å². The first-order chi connectivity index (χ1) is 9.52. The van der Waals surface area contributed by atoms with Gasteiger partial charge in [0.15, 0.2) is 5.84 Å². The molecule has 0 spiro atoms. The zero-order valence-electron chi connectivity index (χ0n) is 11.9. The van der Waals surface area contributed by atoms with E-state index in [9.17, 15) is 0 Å². The summed E-state index contributed by atoms with van der Waals surface area (Å²) in [7, 11) is 3.98. The van der Waals surface area contributed by atoms with E-state index in [1.54, 1.807) is 6.20 Å². The molecule has 0 radical (unpaired) electrons. The van der Waals surface area contributed by atoms with E-state index in [1.807, 2.05) is 50.0 Å². The van der Waals surface area contributed by atoms with Crippen molar-refractivity contribution < 1.29 is 5.21 Å². The fourth-order valence-electron chi connectivity index (χ4n) is 2.08. The van der Waals surface area contributed by atoms with Crippen molar-refractivity contribution in [3.05, 3.63) is 47.5 Å². The molecular weight excluding hydrogens is 254 g/mol. The maximum absolute atomic E-state index is 8.73. The standard InChI is InChI=1S/C14H19N5O/c1-10-8-11(4-5-12(10)14(15)17-20)19(3)9-13-16-6-7-18(13)2/h4-8,20H,9H2,1-3H3,(H2,15,17). The number of hydrogen-bond acceptors (Lipinski definition) is 4. The summed E-state index contributed by atoms with van der Waals surface area (Å²) >= 11 is 0. The minimum absolute atomic E-state index is 0.126. The summed E-state index contributed by atoms with van der Waals surface area (Å²) in [4.78, 5) is 6.41. The number of amidine groups is 1. The summed E-state index contributed by atoms with van der Waals surface area (Å²) in [5.41, 5.74) is 8.38. The summed E-state index contributed by atoms with van der Waals surface area (Å²) in [6, 6.07) is 5.81. The Bertz CT molecular complexity index is 632. The number of aryl methyl sites for hydroxylation is 2. The van der Waals surface area contributed by atoms with Crippen molar-refractivity contribution in [3.8, 4) is 0 Å². The molecule has 0 aliphatic heterocycles. The Morgan fingerprint density at radius 1 is 1.50 bits per heavy atom. The van der Waals surface area contributed by atoms with E-state index in [4.69, 9.17) is 10.9 Å². The third-order valence-corrected chi connectivity index (χ3v) is 3.33. The van der Waals surface area contributed by atoms with E-state index >= 15 is 0 Å². The van der Waals surface area contributed by atoms with Crippen molar-refractivity contribution >= 4 is 11.5 Å². The average molecular weight is 273 g/mol. The Balaban J connectivity index is 2.21. The van der Waals surface area contributed by atoms with Crippen LogP contribution in [0.25, 0.3) is 0 Å². The Hall–Kier alpha value is -2.50.